The van der Waals surface area contributed by atoms with Gasteiger partial charge in [0.25, 0.3) is 0 Å². The van der Waals surface area contributed by atoms with Gasteiger partial charge in [-0.3, -0.25) is 9.59 Å². The predicted octanol–water partition coefficient (Wildman–Crippen LogP) is 3.66. The highest BCUT2D eigenvalue weighted by molar-refractivity contribution is 9.09. The molecule has 4 saturated carbocycles. The Morgan fingerprint density at radius 3 is 2.52 bits per heavy atom. The molecule has 0 amide bonds. The third-order valence-electron chi connectivity index (χ3n) is 8.29. The number of hydrogen-bond donors (Lipinski definition) is 1. The molecule has 0 aliphatic heterocycles. The van der Waals surface area contributed by atoms with Crippen molar-refractivity contribution in [2.75, 3.05) is 0 Å². The molecular weight excluding hydrogens is 356 g/mol. The van der Waals surface area contributed by atoms with Crippen LogP contribution in [0, 0.1) is 28.6 Å². The van der Waals surface area contributed by atoms with E-state index in [2.05, 4.69) is 29.8 Å². The second-order valence-electron chi connectivity index (χ2n) is 9.04. The van der Waals surface area contributed by atoms with E-state index >= 15 is 0 Å². The Bertz CT molecular complexity index is 575. The second kappa shape index (κ2) is 4.91. The van der Waals surface area contributed by atoms with Crippen molar-refractivity contribution in [3.63, 3.8) is 0 Å². The highest BCUT2D eigenvalue weighted by atomic mass is 79.9. The summed E-state index contributed by atoms with van der Waals surface area (Å²) < 4.78 is 0. The van der Waals surface area contributed by atoms with E-state index in [1.165, 1.54) is 0 Å². The summed E-state index contributed by atoms with van der Waals surface area (Å²) in [5.74, 6) is 1.47. The highest BCUT2D eigenvalue weighted by Crippen LogP contribution is 2.66. The zero-order chi connectivity index (χ0) is 16.6. The van der Waals surface area contributed by atoms with Crippen LogP contribution in [-0.2, 0) is 9.59 Å². The zero-order valence-corrected chi connectivity index (χ0v) is 15.7. The first-order chi connectivity index (χ1) is 10.7. The van der Waals surface area contributed by atoms with Gasteiger partial charge in [-0.25, -0.2) is 0 Å². The van der Waals surface area contributed by atoms with Gasteiger partial charge in [-0.15, -0.1) is 0 Å². The number of ketones is 2. The normalized spacial score (nSPS) is 56.0. The van der Waals surface area contributed by atoms with Crippen molar-refractivity contribution in [1.29, 1.82) is 0 Å². The van der Waals surface area contributed by atoms with E-state index in [0.29, 0.717) is 42.8 Å². The van der Waals surface area contributed by atoms with Crippen LogP contribution >= 0.6 is 15.9 Å². The van der Waals surface area contributed by atoms with Crippen molar-refractivity contribution >= 4 is 27.5 Å². The minimum atomic E-state index is -1.17. The lowest BCUT2D eigenvalue weighted by molar-refractivity contribution is -0.200. The van der Waals surface area contributed by atoms with Crippen molar-refractivity contribution < 1.29 is 14.7 Å². The van der Waals surface area contributed by atoms with Gasteiger partial charge in [0.15, 0.2) is 5.78 Å². The van der Waals surface area contributed by atoms with Gasteiger partial charge in [0.05, 0.1) is 0 Å². The van der Waals surface area contributed by atoms with Gasteiger partial charge in [-0.2, -0.15) is 0 Å². The Labute approximate surface area is 146 Å². The molecule has 0 aromatic heterocycles. The summed E-state index contributed by atoms with van der Waals surface area (Å²) in [6.45, 7) is 4.28. The molecule has 0 aromatic rings. The Balaban J connectivity index is 1.74. The minimum Gasteiger partial charge on any atom is -0.381 e. The lowest BCUT2D eigenvalue weighted by atomic mass is 9.43. The minimum absolute atomic E-state index is 0.0361. The smallest absolute Gasteiger partial charge is 0.165 e. The number of Topliss-reactive ketones (excluding diaryl/α,β-unsaturated/α-hetero) is 2. The van der Waals surface area contributed by atoms with Crippen LogP contribution in [0.5, 0.6) is 0 Å². The molecule has 3 nitrogen and oxygen atoms in total. The molecular formula is C19H27BrO3. The number of carbonyl (C=O) groups excluding carboxylic acids is 2. The average molecular weight is 383 g/mol. The molecule has 4 aliphatic rings. The molecule has 4 fully saturated rings. The van der Waals surface area contributed by atoms with E-state index in [4.69, 9.17) is 0 Å². The summed E-state index contributed by atoms with van der Waals surface area (Å²) >= 11 is 3.63. The summed E-state index contributed by atoms with van der Waals surface area (Å²) in [5, 5.41) is 11.3. The topological polar surface area (TPSA) is 54.4 Å². The fourth-order valence-electron chi connectivity index (χ4n) is 6.76. The number of fused-ring (bicyclic) bond motifs is 5. The monoisotopic (exact) mass is 382 g/mol. The molecule has 0 bridgehead atoms. The molecule has 0 heterocycles. The fraction of sp³-hybridized carbons (Fsp3) is 0.895. The largest absolute Gasteiger partial charge is 0.381 e. The van der Waals surface area contributed by atoms with Crippen LogP contribution in [-0.4, -0.2) is 27.1 Å². The van der Waals surface area contributed by atoms with E-state index in [1.807, 2.05) is 0 Å². The number of alkyl halides is 1. The van der Waals surface area contributed by atoms with Crippen LogP contribution in [0.1, 0.15) is 65.2 Å². The van der Waals surface area contributed by atoms with Crippen LogP contribution in [0.15, 0.2) is 0 Å². The molecule has 7 atom stereocenters. The number of hydrogen-bond acceptors (Lipinski definition) is 3. The molecule has 1 N–H and O–H groups in total. The lowest BCUT2D eigenvalue weighted by Gasteiger charge is -2.62. The number of carbonyl (C=O) groups is 2. The van der Waals surface area contributed by atoms with Crippen LogP contribution < -0.4 is 0 Å². The SMILES string of the molecule is C[C@]12CC[C@H]3[C@@H](CC(=O)[C@@]4(O)C[C@@H](Br)CC[C@]34C)[C@@H]1CCC2=O. The van der Waals surface area contributed by atoms with Crippen molar-refractivity contribution in [1.82, 2.24) is 0 Å². The van der Waals surface area contributed by atoms with Crippen LogP contribution in [0.3, 0.4) is 0 Å². The van der Waals surface area contributed by atoms with E-state index < -0.39 is 5.60 Å². The van der Waals surface area contributed by atoms with Crippen LogP contribution in [0.4, 0.5) is 0 Å². The summed E-state index contributed by atoms with van der Waals surface area (Å²) in [6, 6.07) is 0. The molecule has 0 saturated heterocycles. The molecule has 0 unspecified atom stereocenters. The van der Waals surface area contributed by atoms with Gasteiger partial charge in [-0.1, -0.05) is 29.8 Å². The maximum atomic E-state index is 13.0. The third-order valence-corrected chi connectivity index (χ3v) is 9.07. The molecule has 0 aromatic carbocycles. The van der Waals surface area contributed by atoms with Crippen LogP contribution in [0.2, 0.25) is 0 Å². The van der Waals surface area contributed by atoms with Gasteiger partial charge < -0.3 is 5.11 Å². The van der Waals surface area contributed by atoms with Gasteiger partial charge in [0, 0.05) is 28.5 Å². The van der Waals surface area contributed by atoms with E-state index in [1.54, 1.807) is 0 Å². The summed E-state index contributed by atoms with van der Waals surface area (Å²) in [4.78, 5) is 25.6. The molecule has 4 aliphatic carbocycles. The van der Waals surface area contributed by atoms with Gasteiger partial charge in [0.2, 0.25) is 0 Å². The number of halogens is 1. The fourth-order valence-corrected chi connectivity index (χ4v) is 7.46. The first-order valence-electron chi connectivity index (χ1n) is 9.15. The Morgan fingerprint density at radius 1 is 1.04 bits per heavy atom. The van der Waals surface area contributed by atoms with Gasteiger partial charge >= 0.3 is 0 Å². The number of rotatable bonds is 0. The Morgan fingerprint density at radius 2 is 1.78 bits per heavy atom. The first kappa shape index (κ1) is 16.3. The van der Waals surface area contributed by atoms with Crippen molar-refractivity contribution in [3.05, 3.63) is 0 Å². The number of aliphatic hydroxyl groups is 1. The third kappa shape index (κ3) is 1.91. The van der Waals surface area contributed by atoms with Crippen molar-refractivity contribution in [3.8, 4) is 0 Å². The predicted molar refractivity (Wildman–Crippen MR) is 91.3 cm³/mol. The maximum absolute atomic E-state index is 13.0. The standard InChI is InChI=1S/C19H27BrO3/c1-17-7-6-14-12(13(17)3-4-15(17)21)9-16(22)19(23)10-11(20)5-8-18(14,19)2/h11-14,23H,3-10H2,1-2H3/t11-,12-,13-,14-,17-,18+,19-/m0/s1. The highest BCUT2D eigenvalue weighted by Gasteiger charge is 2.67. The summed E-state index contributed by atoms with van der Waals surface area (Å²) in [6.07, 6.45) is 6.51. The average Bonchev–Trinajstić information content (AvgIpc) is 2.79. The quantitative estimate of drug-likeness (QED) is 0.650. The molecule has 0 spiro atoms. The van der Waals surface area contributed by atoms with E-state index in [0.717, 1.165) is 32.1 Å². The summed E-state index contributed by atoms with van der Waals surface area (Å²) in [5.41, 5.74) is -1.69. The van der Waals surface area contributed by atoms with Crippen molar-refractivity contribution in [2.45, 2.75) is 75.6 Å². The Hall–Kier alpha value is -0.220. The van der Waals surface area contributed by atoms with Gasteiger partial charge in [0.1, 0.15) is 11.4 Å². The first-order valence-corrected chi connectivity index (χ1v) is 10.1. The molecule has 23 heavy (non-hydrogen) atoms. The maximum Gasteiger partial charge on any atom is 0.165 e. The Kier molecular flexibility index (Phi) is 3.47. The molecule has 128 valence electrons. The summed E-state index contributed by atoms with van der Waals surface area (Å²) in [7, 11) is 0. The second-order valence-corrected chi connectivity index (χ2v) is 10.3. The molecule has 4 heteroatoms. The van der Waals surface area contributed by atoms with Crippen molar-refractivity contribution in [2.24, 2.45) is 28.6 Å². The molecule has 0 radical (unpaired) electrons. The van der Waals surface area contributed by atoms with Gasteiger partial charge in [-0.05, 0) is 56.3 Å². The lowest BCUT2D eigenvalue weighted by Crippen LogP contribution is -2.66. The molecule has 4 rings (SSSR count). The zero-order valence-electron chi connectivity index (χ0n) is 14.1. The van der Waals surface area contributed by atoms with Crippen LogP contribution in [0.25, 0.3) is 0 Å². The van der Waals surface area contributed by atoms with E-state index in [-0.39, 0.29) is 21.4 Å². The van der Waals surface area contributed by atoms with E-state index in [9.17, 15) is 14.7 Å².